The Morgan fingerprint density at radius 1 is 1.09 bits per heavy atom. The van der Waals surface area contributed by atoms with E-state index >= 15 is 0 Å². The van der Waals surface area contributed by atoms with E-state index in [1.54, 1.807) is 11.8 Å². The number of rotatable bonds is 3. The van der Waals surface area contributed by atoms with Gasteiger partial charge in [-0.25, -0.2) is 0 Å². The van der Waals surface area contributed by atoms with Gasteiger partial charge in [0.1, 0.15) is 13.0 Å². The summed E-state index contributed by atoms with van der Waals surface area (Å²) in [6.45, 7) is 3.53. The minimum Gasteiger partial charge on any atom is -0.363 e. The Hall–Kier alpha value is -0.140. The van der Waals surface area contributed by atoms with Crippen molar-refractivity contribution in [1.82, 2.24) is 14.7 Å². The molecular weight excluding hydrogens is 373 g/mol. The van der Waals surface area contributed by atoms with E-state index in [9.17, 15) is 0 Å². The van der Waals surface area contributed by atoms with E-state index in [1.807, 2.05) is 19.0 Å². The Morgan fingerprint density at radius 3 is 2.14 bits per heavy atom. The van der Waals surface area contributed by atoms with Crippen molar-refractivity contribution in [2.24, 2.45) is 0 Å². The molecule has 122 valence electrons. The second kappa shape index (κ2) is 10.6. The van der Waals surface area contributed by atoms with Crippen LogP contribution < -0.4 is 0 Å². The molecule has 0 aromatic heterocycles. The molecule has 0 unspecified atom stereocenters. The quantitative estimate of drug-likeness (QED) is 0.532. The smallest absolute Gasteiger partial charge is 0.143 e. The summed E-state index contributed by atoms with van der Waals surface area (Å²) < 4.78 is 2.56. The summed E-state index contributed by atoms with van der Waals surface area (Å²) in [6.07, 6.45) is 1.49. The Bertz CT molecular complexity index is 452. The summed E-state index contributed by atoms with van der Waals surface area (Å²) >= 11 is 19.3. The van der Waals surface area contributed by atoms with Gasteiger partial charge in [0.15, 0.2) is 0 Å². The van der Waals surface area contributed by atoms with Gasteiger partial charge in [-0.15, -0.1) is 0 Å². The van der Waals surface area contributed by atoms with Gasteiger partial charge in [0.05, 0.1) is 6.07 Å². The molecule has 0 N–H and O–H groups in total. The number of piperazine rings is 1. The summed E-state index contributed by atoms with van der Waals surface area (Å²) in [5.74, 6) is 0.915. The van der Waals surface area contributed by atoms with Gasteiger partial charge in [-0.05, 0) is 18.2 Å². The molecule has 1 fully saturated rings. The second-order valence-corrected chi connectivity index (χ2v) is 8.87. The molecule has 1 aliphatic rings. The van der Waals surface area contributed by atoms with Crippen LogP contribution in [0.2, 0.25) is 0 Å². The first kappa shape index (κ1) is 19.9. The highest BCUT2D eigenvalue weighted by Gasteiger charge is 2.21. The molecule has 0 radical (unpaired) electrons. The first-order chi connectivity index (χ1) is 10.5. The molecule has 0 saturated carbocycles. The lowest BCUT2D eigenvalue weighted by Crippen LogP contribution is -2.49. The summed E-state index contributed by atoms with van der Waals surface area (Å²) in [7, 11) is 3.86. The molecule has 0 aromatic rings. The lowest BCUT2D eigenvalue weighted by molar-refractivity contribution is 0.271. The summed E-state index contributed by atoms with van der Waals surface area (Å²) in [6, 6.07) is 2.16. The molecule has 1 rings (SSSR count). The average molecular weight is 393 g/mol. The standard InChI is InChI=1S/C13H20N4S5/c1-15(2)11(18)22-13(20)17-8-6-16(7-9-17)12(19)21-10-4-3-5-14/h3-4,6-10H2,1-2H3. The van der Waals surface area contributed by atoms with E-state index in [4.69, 9.17) is 41.9 Å². The maximum absolute atomic E-state index is 8.52. The number of thioether (sulfide) groups is 2. The van der Waals surface area contributed by atoms with Gasteiger partial charge in [0.25, 0.3) is 0 Å². The van der Waals surface area contributed by atoms with E-state index in [1.165, 1.54) is 11.8 Å². The summed E-state index contributed by atoms with van der Waals surface area (Å²) in [4.78, 5) is 6.31. The zero-order chi connectivity index (χ0) is 16.5. The van der Waals surface area contributed by atoms with E-state index in [2.05, 4.69) is 15.9 Å². The van der Waals surface area contributed by atoms with Crippen molar-refractivity contribution >= 4 is 73.1 Å². The third-order valence-electron chi connectivity index (χ3n) is 2.99. The van der Waals surface area contributed by atoms with Crippen LogP contribution in [-0.4, -0.2) is 73.7 Å². The molecular formula is C13H20N4S5. The Labute approximate surface area is 157 Å². The molecule has 4 nitrogen and oxygen atoms in total. The highest BCUT2D eigenvalue weighted by atomic mass is 32.2. The van der Waals surface area contributed by atoms with Crippen molar-refractivity contribution in [2.45, 2.75) is 12.8 Å². The SMILES string of the molecule is CN(C)C(=S)SC(=S)N1CCN(C(=S)SCCCC#N)CC1. The number of hydrogen-bond donors (Lipinski definition) is 0. The van der Waals surface area contributed by atoms with Crippen LogP contribution in [0.25, 0.3) is 0 Å². The van der Waals surface area contributed by atoms with Crippen molar-refractivity contribution in [2.75, 3.05) is 46.0 Å². The van der Waals surface area contributed by atoms with E-state index < -0.39 is 0 Å². The maximum Gasteiger partial charge on any atom is 0.143 e. The molecule has 9 heteroatoms. The van der Waals surface area contributed by atoms with E-state index in [-0.39, 0.29) is 0 Å². The molecule has 1 heterocycles. The minimum atomic E-state index is 0.598. The van der Waals surface area contributed by atoms with Crippen LogP contribution in [-0.2, 0) is 0 Å². The fraction of sp³-hybridized carbons (Fsp3) is 0.692. The molecule has 1 saturated heterocycles. The zero-order valence-corrected chi connectivity index (χ0v) is 16.9. The van der Waals surface area contributed by atoms with Crippen LogP contribution in [0.3, 0.4) is 0 Å². The van der Waals surface area contributed by atoms with Crippen LogP contribution in [0.4, 0.5) is 0 Å². The number of thiocarbonyl (C=S) groups is 3. The molecule has 0 atom stereocenters. The van der Waals surface area contributed by atoms with Gasteiger partial charge in [0, 0.05) is 52.4 Å². The Kier molecular flexibility index (Phi) is 9.59. The van der Waals surface area contributed by atoms with Gasteiger partial charge in [-0.1, -0.05) is 48.4 Å². The number of unbranched alkanes of at least 4 members (excludes halogenated alkanes) is 1. The minimum absolute atomic E-state index is 0.598. The van der Waals surface area contributed by atoms with Crippen molar-refractivity contribution in [3.8, 4) is 6.07 Å². The second-order valence-electron chi connectivity index (χ2n) is 4.88. The van der Waals surface area contributed by atoms with Gasteiger partial charge in [-0.2, -0.15) is 5.26 Å². The maximum atomic E-state index is 8.52. The van der Waals surface area contributed by atoms with Crippen LogP contribution >= 0.6 is 60.2 Å². The first-order valence-electron chi connectivity index (χ1n) is 6.92. The van der Waals surface area contributed by atoms with Crippen LogP contribution in [0.15, 0.2) is 0 Å². The Morgan fingerprint density at radius 2 is 1.64 bits per heavy atom. The normalized spacial score (nSPS) is 14.4. The number of nitriles is 1. The van der Waals surface area contributed by atoms with Crippen molar-refractivity contribution in [3.05, 3.63) is 0 Å². The van der Waals surface area contributed by atoms with Crippen molar-refractivity contribution in [3.63, 3.8) is 0 Å². The highest BCUT2D eigenvalue weighted by molar-refractivity contribution is 8.37. The zero-order valence-electron chi connectivity index (χ0n) is 12.8. The third-order valence-corrected chi connectivity index (χ3v) is 6.70. The molecule has 0 aromatic carbocycles. The highest BCUT2D eigenvalue weighted by Crippen LogP contribution is 2.18. The lowest BCUT2D eigenvalue weighted by atomic mass is 10.4. The third kappa shape index (κ3) is 6.96. The molecule has 0 spiro atoms. The van der Waals surface area contributed by atoms with Gasteiger partial charge in [0.2, 0.25) is 0 Å². The fourth-order valence-corrected chi connectivity index (χ4v) is 4.42. The fourth-order valence-electron chi connectivity index (χ4n) is 1.70. The lowest BCUT2D eigenvalue weighted by Gasteiger charge is -2.37. The summed E-state index contributed by atoms with van der Waals surface area (Å²) in [5.41, 5.74) is 0. The number of hydrogen-bond acceptors (Lipinski definition) is 6. The van der Waals surface area contributed by atoms with Gasteiger partial charge < -0.3 is 14.7 Å². The molecule has 22 heavy (non-hydrogen) atoms. The average Bonchev–Trinajstić information content (AvgIpc) is 2.51. The van der Waals surface area contributed by atoms with E-state index in [0.717, 1.165) is 51.3 Å². The number of nitrogens with zero attached hydrogens (tertiary/aromatic N) is 4. The predicted octanol–water partition coefficient (Wildman–Crippen LogP) is 2.79. The van der Waals surface area contributed by atoms with Gasteiger partial charge in [-0.3, -0.25) is 0 Å². The van der Waals surface area contributed by atoms with Crippen molar-refractivity contribution in [1.29, 1.82) is 5.26 Å². The molecule has 1 aliphatic heterocycles. The summed E-state index contributed by atoms with van der Waals surface area (Å²) in [5, 5.41) is 8.52. The van der Waals surface area contributed by atoms with Crippen LogP contribution in [0.5, 0.6) is 0 Å². The van der Waals surface area contributed by atoms with Crippen molar-refractivity contribution < 1.29 is 0 Å². The molecule has 0 bridgehead atoms. The molecule has 0 amide bonds. The monoisotopic (exact) mass is 392 g/mol. The Balaban J connectivity index is 2.30. The predicted molar refractivity (Wildman–Crippen MR) is 110 cm³/mol. The molecule has 0 aliphatic carbocycles. The topological polar surface area (TPSA) is 33.5 Å². The first-order valence-corrected chi connectivity index (χ1v) is 9.95. The van der Waals surface area contributed by atoms with Crippen LogP contribution in [0, 0.1) is 11.3 Å². The van der Waals surface area contributed by atoms with E-state index in [0.29, 0.717) is 6.42 Å². The van der Waals surface area contributed by atoms with Gasteiger partial charge >= 0.3 is 0 Å². The van der Waals surface area contributed by atoms with Crippen LogP contribution in [0.1, 0.15) is 12.8 Å². The largest absolute Gasteiger partial charge is 0.363 e.